The average Bonchev–Trinajstić information content (AvgIpc) is 2.61. The summed E-state index contributed by atoms with van der Waals surface area (Å²) in [5.41, 5.74) is 1.18. The summed E-state index contributed by atoms with van der Waals surface area (Å²) >= 11 is 0. The largest absolute Gasteiger partial charge is 0.491 e. The first-order valence-corrected chi connectivity index (χ1v) is 8.95. The number of urea groups is 1. The maximum Gasteiger partial charge on any atom is 0.315 e. The molecule has 1 aliphatic heterocycles. The number of ether oxygens (including phenoxy) is 1. The van der Waals surface area contributed by atoms with Gasteiger partial charge in [0.05, 0.1) is 19.2 Å². The van der Waals surface area contributed by atoms with Gasteiger partial charge in [-0.2, -0.15) is 5.26 Å². The Balaban J connectivity index is 1.64. The van der Waals surface area contributed by atoms with Gasteiger partial charge in [0.1, 0.15) is 12.4 Å². The van der Waals surface area contributed by atoms with Crippen LogP contribution >= 0.6 is 0 Å². The first-order valence-electron chi connectivity index (χ1n) is 8.95. The van der Waals surface area contributed by atoms with E-state index in [1.54, 1.807) is 0 Å². The summed E-state index contributed by atoms with van der Waals surface area (Å²) in [6.07, 6.45) is 1.76. The highest BCUT2D eigenvalue weighted by Crippen LogP contribution is 2.25. The van der Waals surface area contributed by atoms with Crippen LogP contribution < -0.4 is 15.4 Å². The first-order chi connectivity index (χ1) is 12.1. The van der Waals surface area contributed by atoms with Crippen LogP contribution in [0.25, 0.3) is 0 Å². The number of carbonyl (C=O) groups is 1. The Kier molecular flexibility index (Phi) is 7.55. The predicted octanol–water partition coefficient (Wildman–Crippen LogP) is 2.48. The fourth-order valence-electron chi connectivity index (χ4n) is 2.99. The van der Waals surface area contributed by atoms with Crippen molar-refractivity contribution in [3.05, 3.63) is 29.8 Å². The molecule has 6 nitrogen and oxygen atoms in total. The highest BCUT2D eigenvalue weighted by Gasteiger charge is 2.20. The lowest BCUT2D eigenvalue weighted by Crippen LogP contribution is -2.48. The molecule has 6 heteroatoms. The number of likely N-dealkylation sites (tertiary alicyclic amines) is 1. The second kappa shape index (κ2) is 9.90. The zero-order valence-corrected chi connectivity index (χ0v) is 15.1. The molecule has 0 aromatic heterocycles. The van der Waals surface area contributed by atoms with Crippen molar-refractivity contribution in [1.29, 1.82) is 5.26 Å². The van der Waals surface area contributed by atoms with Gasteiger partial charge in [-0.15, -0.1) is 0 Å². The van der Waals surface area contributed by atoms with Gasteiger partial charge in [-0.1, -0.05) is 32.0 Å². The molecule has 0 atom stereocenters. The van der Waals surface area contributed by atoms with Gasteiger partial charge in [-0.05, 0) is 30.4 Å². The minimum absolute atomic E-state index is 0.153. The van der Waals surface area contributed by atoms with E-state index in [2.05, 4.69) is 41.5 Å². The number of hydrogen-bond acceptors (Lipinski definition) is 4. The van der Waals surface area contributed by atoms with Crippen molar-refractivity contribution in [2.75, 3.05) is 32.8 Å². The van der Waals surface area contributed by atoms with E-state index in [9.17, 15) is 4.79 Å². The Morgan fingerprint density at radius 3 is 2.76 bits per heavy atom. The highest BCUT2D eigenvalue weighted by molar-refractivity contribution is 5.74. The number of amides is 2. The summed E-state index contributed by atoms with van der Waals surface area (Å²) in [4.78, 5) is 14.1. The van der Waals surface area contributed by atoms with Crippen LogP contribution in [0.5, 0.6) is 5.75 Å². The zero-order chi connectivity index (χ0) is 18.1. The average molecular weight is 344 g/mol. The minimum atomic E-state index is -0.153. The van der Waals surface area contributed by atoms with Crippen molar-refractivity contribution in [2.24, 2.45) is 0 Å². The van der Waals surface area contributed by atoms with Crippen LogP contribution in [0.2, 0.25) is 0 Å². The van der Waals surface area contributed by atoms with Crippen molar-refractivity contribution >= 4 is 6.03 Å². The van der Waals surface area contributed by atoms with Gasteiger partial charge in [-0.3, -0.25) is 4.90 Å². The molecule has 0 unspecified atom stereocenters. The normalized spacial score (nSPS) is 15.6. The van der Waals surface area contributed by atoms with E-state index < -0.39 is 0 Å². The van der Waals surface area contributed by atoms with E-state index >= 15 is 0 Å². The standard InChI is InChI=1S/C19H28N4O2/c1-15(2)17-5-3-4-6-18(17)25-14-10-21-19(24)22-16-7-11-23(12-8-16)13-9-20/h3-6,15-16H,7-8,10-14H2,1-2H3,(H2,21,22,24). The van der Waals surface area contributed by atoms with Crippen LogP contribution in [-0.4, -0.2) is 49.8 Å². The molecular weight excluding hydrogens is 316 g/mol. The van der Waals surface area contributed by atoms with Gasteiger partial charge in [0.2, 0.25) is 0 Å². The zero-order valence-electron chi connectivity index (χ0n) is 15.1. The quantitative estimate of drug-likeness (QED) is 0.588. The Labute approximate surface area is 150 Å². The van der Waals surface area contributed by atoms with Gasteiger partial charge in [0.15, 0.2) is 0 Å². The SMILES string of the molecule is CC(C)c1ccccc1OCCNC(=O)NC1CCN(CC#N)CC1. The molecule has 1 aliphatic rings. The molecule has 0 spiro atoms. The smallest absolute Gasteiger partial charge is 0.315 e. The maximum atomic E-state index is 12.0. The molecule has 0 aliphatic carbocycles. The fraction of sp³-hybridized carbons (Fsp3) is 0.579. The van der Waals surface area contributed by atoms with E-state index in [0.717, 1.165) is 31.7 Å². The molecule has 2 amide bonds. The van der Waals surface area contributed by atoms with Crippen molar-refractivity contribution in [2.45, 2.75) is 38.6 Å². The molecule has 0 radical (unpaired) electrons. The van der Waals surface area contributed by atoms with Gasteiger partial charge in [0, 0.05) is 19.1 Å². The topological polar surface area (TPSA) is 77.4 Å². The fourth-order valence-corrected chi connectivity index (χ4v) is 2.99. The van der Waals surface area contributed by atoms with Gasteiger partial charge >= 0.3 is 6.03 Å². The molecular formula is C19H28N4O2. The van der Waals surface area contributed by atoms with Crippen molar-refractivity contribution in [3.8, 4) is 11.8 Å². The van der Waals surface area contributed by atoms with Crippen LogP contribution in [0.4, 0.5) is 4.79 Å². The van der Waals surface area contributed by atoms with Crippen LogP contribution in [0.15, 0.2) is 24.3 Å². The van der Waals surface area contributed by atoms with E-state index in [-0.39, 0.29) is 12.1 Å². The van der Waals surface area contributed by atoms with Crippen LogP contribution in [0.1, 0.15) is 38.2 Å². The number of benzene rings is 1. The maximum absolute atomic E-state index is 12.0. The van der Waals surface area contributed by atoms with Gasteiger partial charge in [0.25, 0.3) is 0 Å². The number of para-hydroxylation sites is 1. The molecule has 2 rings (SSSR count). The lowest BCUT2D eigenvalue weighted by molar-refractivity contribution is 0.203. The summed E-state index contributed by atoms with van der Waals surface area (Å²) in [7, 11) is 0. The monoisotopic (exact) mass is 344 g/mol. The van der Waals surface area contributed by atoms with Crippen molar-refractivity contribution in [1.82, 2.24) is 15.5 Å². The van der Waals surface area contributed by atoms with Crippen molar-refractivity contribution in [3.63, 3.8) is 0 Å². The third kappa shape index (κ3) is 6.28. The molecule has 136 valence electrons. The Hall–Kier alpha value is -2.26. The lowest BCUT2D eigenvalue weighted by atomic mass is 10.0. The highest BCUT2D eigenvalue weighted by atomic mass is 16.5. The van der Waals surface area contributed by atoms with E-state index in [1.165, 1.54) is 5.56 Å². The number of nitrogens with zero attached hydrogens (tertiary/aromatic N) is 2. The van der Waals surface area contributed by atoms with E-state index in [0.29, 0.717) is 25.6 Å². The van der Waals surface area contributed by atoms with Crippen molar-refractivity contribution < 1.29 is 9.53 Å². The van der Waals surface area contributed by atoms with Crippen LogP contribution in [0, 0.1) is 11.3 Å². The number of hydrogen-bond donors (Lipinski definition) is 2. The van der Waals surface area contributed by atoms with Gasteiger partial charge < -0.3 is 15.4 Å². The molecule has 1 heterocycles. The molecule has 2 N–H and O–H groups in total. The second-order valence-corrected chi connectivity index (χ2v) is 6.65. The number of piperidine rings is 1. The first kappa shape index (κ1) is 19.1. The molecule has 1 aromatic rings. The number of rotatable bonds is 7. The third-order valence-corrected chi connectivity index (χ3v) is 4.40. The van der Waals surface area contributed by atoms with E-state index in [1.807, 2.05) is 18.2 Å². The lowest BCUT2D eigenvalue weighted by Gasteiger charge is -2.30. The summed E-state index contributed by atoms with van der Waals surface area (Å²) in [5.74, 6) is 1.28. The summed E-state index contributed by atoms with van der Waals surface area (Å²) in [6.45, 7) is 7.35. The minimum Gasteiger partial charge on any atom is -0.491 e. The molecule has 1 saturated heterocycles. The number of carbonyl (C=O) groups excluding carboxylic acids is 1. The third-order valence-electron chi connectivity index (χ3n) is 4.40. The molecule has 1 fully saturated rings. The number of nitriles is 1. The van der Waals surface area contributed by atoms with Gasteiger partial charge in [-0.25, -0.2) is 4.79 Å². The molecule has 25 heavy (non-hydrogen) atoms. The van der Waals surface area contributed by atoms with Crippen LogP contribution in [0.3, 0.4) is 0 Å². The summed E-state index contributed by atoms with van der Waals surface area (Å²) in [5, 5.41) is 14.5. The number of nitrogens with one attached hydrogen (secondary N) is 2. The van der Waals surface area contributed by atoms with E-state index in [4.69, 9.17) is 10.00 Å². The Morgan fingerprint density at radius 2 is 2.08 bits per heavy atom. The Bertz CT molecular complexity index is 589. The molecule has 1 aromatic carbocycles. The molecule has 0 bridgehead atoms. The predicted molar refractivity (Wildman–Crippen MR) is 97.6 cm³/mol. The van der Waals surface area contributed by atoms with Crippen LogP contribution in [-0.2, 0) is 0 Å². The summed E-state index contributed by atoms with van der Waals surface area (Å²) in [6, 6.07) is 10.2. The Morgan fingerprint density at radius 1 is 1.36 bits per heavy atom. The molecule has 0 saturated carbocycles. The summed E-state index contributed by atoms with van der Waals surface area (Å²) < 4.78 is 5.80. The second-order valence-electron chi connectivity index (χ2n) is 6.65.